The molecule has 92 valence electrons. The Morgan fingerprint density at radius 3 is 3.00 bits per heavy atom. The van der Waals surface area contributed by atoms with Crippen LogP contribution in [-0.4, -0.2) is 19.9 Å². The minimum atomic E-state index is 0.426. The Labute approximate surface area is 116 Å². The van der Waals surface area contributed by atoms with Gasteiger partial charge in [0.2, 0.25) is 4.77 Å². The third-order valence-electron chi connectivity index (χ3n) is 2.38. The van der Waals surface area contributed by atoms with E-state index in [0.717, 1.165) is 9.86 Å². The first-order chi connectivity index (χ1) is 8.74. The highest BCUT2D eigenvalue weighted by Gasteiger charge is 2.07. The number of aromatic nitrogens is 4. The molecule has 5 nitrogen and oxygen atoms in total. The average Bonchev–Trinajstić information content (AvgIpc) is 2.92. The SMILES string of the molecule is Nn1c(CSc2nc3ccccc3s2)n[nH]c1=S. The maximum absolute atomic E-state index is 5.73. The van der Waals surface area contributed by atoms with Crippen LogP contribution in [0.2, 0.25) is 0 Å². The molecule has 0 saturated heterocycles. The number of hydrogen-bond donors (Lipinski definition) is 2. The first-order valence-corrected chi connectivity index (χ1v) is 7.35. The summed E-state index contributed by atoms with van der Waals surface area (Å²) in [4.78, 5) is 4.53. The number of para-hydroxylation sites is 1. The monoisotopic (exact) mass is 295 g/mol. The molecule has 18 heavy (non-hydrogen) atoms. The number of thioether (sulfide) groups is 1. The van der Waals surface area contributed by atoms with Crippen molar-refractivity contribution in [1.29, 1.82) is 0 Å². The van der Waals surface area contributed by atoms with Crippen LogP contribution in [-0.2, 0) is 5.75 Å². The minimum Gasteiger partial charge on any atom is -0.335 e. The van der Waals surface area contributed by atoms with Gasteiger partial charge in [-0.2, -0.15) is 5.10 Å². The van der Waals surface area contributed by atoms with Crippen LogP contribution in [0.1, 0.15) is 5.82 Å². The first-order valence-electron chi connectivity index (χ1n) is 5.14. The second-order valence-electron chi connectivity index (χ2n) is 3.55. The maximum Gasteiger partial charge on any atom is 0.214 e. The number of thiazole rings is 1. The van der Waals surface area contributed by atoms with E-state index in [1.165, 1.54) is 9.38 Å². The lowest BCUT2D eigenvalue weighted by atomic mass is 10.3. The zero-order chi connectivity index (χ0) is 12.5. The van der Waals surface area contributed by atoms with Gasteiger partial charge in [-0.3, -0.25) is 5.10 Å². The van der Waals surface area contributed by atoms with Crippen molar-refractivity contribution in [1.82, 2.24) is 19.9 Å². The smallest absolute Gasteiger partial charge is 0.214 e. The van der Waals surface area contributed by atoms with E-state index in [9.17, 15) is 0 Å². The molecule has 0 saturated carbocycles. The second kappa shape index (κ2) is 4.71. The molecule has 0 aliphatic rings. The Bertz CT molecular complexity index is 708. The van der Waals surface area contributed by atoms with Crippen molar-refractivity contribution in [3.63, 3.8) is 0 Å². The number of nitrogens with one attached hydrogen (secondary N) is 1. The largest absolute Gasteiger partial charge is 0.335 e. The van der Waals surface area contributed by atoms with Gasteiger partial charge in [0.1, 0.15) is 0 Å². The summed E-state index contributed by atoms with van der Waals surface area (Å²) in [5, 5.41) is 6.72. The number of hydrogen-bond acceptors (Lipinski definition) is 6. The molecule has 3 rings (SSSR count). The Hall–Kier alpha value is -1.38. The van der Waals surface area contributed by atoms with Crippen LogP contribution in [0.4, 0.5) is 0 Å². The van der Waals surface area contributed by atoms with Crippen LogP contribution >= 0.6 is 35.3 Å². The topological polar surface area (TPSA) is 72.5 Å². The van der Waals surface area contributed by atoms with Gasteiger partial charge in [0, 0.05) is 0 Å². The van der Waals surface area contributed by atoms with E-state index >= 15 is 0 Å². The molecule has 0 atom stereocenters. The van der Waals surface area contributed by atoms with Crippen molar-refractivity contribution >= 4 is 45.5 Å². The summed E-state index contributed by atoms with van der Waals surface area (Å²) in [6.45, 7) is 0. The van der Waals surface area contributed by atoms with E-state index in [1.807, 2.05) is 18.2 Å². The molecule has 2 heterocycles. The molecule has 1 aromatic carbocycles. The number of rotatable bonds is 3. The summed E-state index contributed by atoms with van der Waals surface area (Å²) in [7, 11) is 0. The van der Waals surface area contributed by atoms with Gasteiger partial charge >= 0.3 is 0 Å². The minimum absolute atomic E-state index is 0.426. The summed E-state index contributed by atoms with van der Waals surface area (Å²) in [6.07, 6.45) is 0. The summed E-state index contributed by atoms with van der Waals surface area (Å²) in [5.74, 6) is 7.08. The fourth-order valence-electron chi connectivity index (χ4n) is 1.48. The summed E-state index contributed by atoms with van der Waals surface area (Å²) >= 11 is 8.23. The molecule has 0 fully saturated rings. The third-order valence-corrected chi connectivity index (χ3v) is 4.84. The Morgan fingerprint density at radius 1 is 1.44 bits per heavy atom. The van der Waals surface area contributed by atoms with E-state index in [4.69, 9.17) is 18.1 Å². The van der Waals surface area contributed by atoms with E-state index in [2.05, 4.69) is 21.2 Å². The zero-order valence-electron chi connectivity index (χ0n) is 9.16. The molecule has 8 heteroatoms. The van der Waals surface area contributed by atoms with E-state index in [-0.39, 0.29) is 0 Å². The van der Waals surface area contributed by atoms with Gasteiger partial charge in [-0.05, 0) is 24.4 Å². The van der Waals surface area contributed by atoms with Crippen molar-refractivity contribution in [2.45, 2.75) is 10.1 Å². The summed E-state index contributed by atoms with van der Waals surface area (Å²) < 4.78 is 4.00. The predicted octanol–water partition coefficient (Wildman–Crippen LogP) is 2.56. The number of nitrogen functional groups attached to an aromatic ring is 1. The van der Waals surface area contributed by atoms with E-state index < -0.39 is 0 Å². The fraction of sp³-hybridized carbons (Fsp3) is 0.100. The number of fused-ring (bicyclic) bond motifs is 1. The first kappa shape index (κ1) is 11.7. The highest BCUT2D eigenvalue weighted by Crippen LogP contribution is 2.30. The molecule has 2 aromatic heterocycles. The van der Waals surface area contributed by atoms with Crippen LogP contribution < -0.4 is 5.84 Å². The molecular weight excluding hydrogens is 286 g/mol. The standard InChI is InChI=1S/C10H9N5S3/c11-15-8(13-14-9(15)16)5-17-10-12-6-3-1-2-4-7(6)18-10/h1-4H,5,11H2,(H,14,16). The lowest BCUT2D eigenvalue weighted by Crippen LogP contribution is -2.11. The van der Waals surface area contributed by atoms with Crippen molar-refractivity contribution in [3.8, 4) is 0 Å². The van der Waals surface area contributed by atoms with Gasteiger partial charge in [0.25, 0.3) is 0 Å². The second-order valence-corrected chi connectivity index (χ2v) is 6.19. The lowest BCUT2D eigenvalue weighted by Gasteiger charge is -1.97. The average molecular weight is 295 g/mol. The van der Waals surface area contributed by atoms with Gasteiger partial charge in [0.15, 0.2) is 10.2 Å². The number of nitrogens with two attached hydrogens (primary N) is 1. The van der Waals surface area contributed by atoms with Crippen LogP contribution in [0, 0.1) is 4.77 Å². The van der Waals surface area contributed by atoms with Gasteiger partial charge in [-0.25, -0.2) is 9.66 Å². The van der Waals surface area contributed by atoms with Gasteiger partial charge in [-0.15, -0.1) is 11.3 Å². The molecule has 0 unspecified atom stereocenters. The number of aromatic amines is 1. The van der Waals surface area contributed by atoms with Gasteiger partial charge < -0.3 is 5.84 Å². The molecule has 0 aliphatic carbocycles. The van der Waals surface area contributed by atoms with Crippen molar-refractivity contribution in [3.05, 3.63) is 34.9 Å². The molecular formula is C10H9N5S3. The molecule has 0 radical (unpaired) electrons. The van der Waals surface area contributed by atoms with E-state index in [1.54, 1.807) is 23.1 Å². The van der Waals surface area contributed by atoms with Crippen LogP contribution in [0.15, 0.2) is 28.6 Å². The Morgan fingerprint density at radius 2 is 2.28 bits per heavy atom. The molecule has 0 spiro atoms. The third kappa shape index (κ3) is 2.14. The molecule has 3 aromatic rings. The van der Waals surface area contributed by atoms with Crippen LogP contribution in [0.5, 0.6) is 0 Å². The number of benzene rings is 1. The molecule has 0 bridgehead atoms. The van der Waals surface area contributed by atoms with Gasteiger partial charge in [-0.1, -0.05) is 23.9 Å². The van der Waals surface area contributed by atoms with Gasteiger partial charge in [0.05, 0.1) is 16.0 Å². The van der Waals surface area contributed by atoms with Crippen molar-refractivity contribution < 1.29 is 0 Å². The Balaban J connectivity index is 1.81. The van der Waals surface area contributed by atoms with Crippen LogP contribution in [0.25, 0.3) is 10.2 Å². The molecule has 0 amide bonds. The van der Waals surface area contributed by atoms with E-state index in [0.29, 0.717) is 16.3 Å². The maximum atomic E-state index is 5.73. The lowest BCUT2D eigenvalue weighted by molar-refractivity contribution is 0.905. The zero-order valence-corrected chi connectivity index (χ0v) is 11.6. The number of H-pyrrole nitrogens is 1. The van der Waals surface area contributed by atoms with Crippen molar-refractivity contribution in [2.75, 3.05) is 5.84 Å². The highest BCUT2D eigenvalue weighted by molar-refractivity contribution is 8.00. The summed E-state index contributed by atoms with van der Waals surface area (Å²) in [5.41, 5.74) is 1.02. The highest BCUT2D eigenvalue weighted by atomic mass is 32.2. The van der Waals surface area contributed by atoms with Crippen LogP contribution in [0.3, 0.4) is 0 Å². The Kier molecular flexibility index (Phi) is 3.06. The van der Waals surface area contributed by atoms with Crippen molar-refractivity contribution in [2.24, 2.45) is 0 Å². The fourth-order valence-corrected chi connectivity index (χ4v) is 3.63. The molecule has 3 N–H and O–H groups in total. The molecule has 0 aliphatic heterocycles. The quantitative estimate of drug-likeness (QED) is 0.441. The predicted molar refractivity (Wildman–Crippen MR) is 76.7 cm³/mol. The number of nitrogens with zero attached hydrogens (tertiary/aromatic N) is 3. The normalized spacial score (nSPS) is 11.1. The summed E-state index contributed by atoms with van der Waals surface area (Å²) in [6, 6.07) is 8.08.